The van der Waals surface area contributed by atoms with Crippen LogP contribution in [0.4, 0.5) is 23.8 Å². The average molecular weight is 455 g/mol. The number of nitrogens with zero attached hydrogens (tertiary/aromatic N) is 6. The first-order valence-electron chi connectivity index (χ1n) is 9.92. The SMILES string of the molecule is CCNc1nc(NC(C)C)nc(SC)n1.CCNc1nc(NC(C)C)nc(SC)n1. The summed E-state index contributed by atoms with van der Waals surface area (Å²) in [4.78, 5) is 25.5. The topological polar surface area (TPSA) is 125 Å². The number of thioether (sulfide) groups is 2. The molecule has 0 aliphatic carbocycles. The summed E-state index contributed by atoms with van der Waals surface area (Å²) in [6.45, 7) is 13.8. The molecule has 2 aromatic rings. The molecule has 0 aliphatic heterocycles. The highest BCUT2D eigenvalue weighted by Gasteiger charge is 2.06. The molecule has 4 N–H and O–H groups in total. The highest BCUT2D eigenvalue weighted by molar-refractivity contribution is 7.98. The normalized spacial score (nSPS) is 10.5. The summed E-state index contributed by atoms with van der Waals surface area (Å²) < 4.78 is 0. The van der Waals surface area contributed by atoms with Crippen molar-refractivity contribution in [2.45, 2.75) is 63.9 Å². The molecule has 0 aliphatic rings. The van der Waals surface area contributed by atoms with Gasteiger partial charge in [-0.05, 0) is 54.1 Å². The molecule has 2 heterocycles. The first-order chi connectivity index (χ1) is 14.3. The Bertz CT molecular complexity index is 694. The van der Waals surface area contributed by atoms with Crippen molar-refractivity contribution in [3.8, 4) is 0 Å². The van der Waals surface area contributed by atoms with E-state index in [0.717, 1.165) is 23.4 Å². The monoisotopic (exact) mass is 454 g/mol. The molecule has 0 radical (unpaired) electrons. The molecule has 0 spiro atoms. The summed E-state index contributed by atoms with van der Waals surface area (Å²) in [5.74, 6) is 2.50. The van der Waals surface area contributed by atoms with E-state index in [1.165, 1.54) is 23.5 Å². The zero-order valence-corrected chi connectivity index (χ0v) is 20.7. The fraction of sp³-hybridized carbons (Fsp3) is 0.667. The fourth-order valence-electron chi connectivity index (χ4n) is 2.02. The maximum Gasteiger partial charge on any atom is 0.228 e. The van der Waals surface area contributed by atoms with Crippen molar-refractivity contribution in [1.82, 2.24) is 29.9 Å². The molecule has 30 heavy (non-hydrogen) atoms. The number of rotatable bonds is 10. The van der Waals surface area contributed by atoms with Gasteiger partial charge in [-0.25, -0.2) is 0 Å². The van der Waals surface area contributed by atoms with Gasteiger partial charge in [0.1, 0.15) is 0 Å². The minimum absolute atomic E-state index is 0.316. The average Bonchev–Trinajstić information content (AvgIpc) is 2.67. The second-order valence-electron chi connectivity index (χ2n) is 6.60. The van der Waals surface area contributed by atoms with Crippen molar-refractivity contribution in [2.24, 2.45) is 0 Å². The summed E-state index contributed by atoms with van der Waals surface area (Å²) in [5, 5.41) is 13.9. The van der Waals surface area contributed by atoms with Crippen molar-refractivity contribution in [3.05, 3.63) is 0 Å². The molecular weight excluding hydrogens is 420 g/mol. The number of hydrogen-bond acceptors (Lipinski definition) is 12. The van der Waals surface area contributed by atoms with Crippen LogP contribution in [0, 0.1) is 0 Å². The fourth-order valence-corrected chi connectivity index (χ4v) is 2.73. The summed E-state index contributed by atoms with van der Waals surface area (Å²) in [5.41, 5.74) is 0. The van der Waals surface area contributed by atoms with E-state index in [1.807, 2.05) is 26.4 Å². The van der Waals surface area contributed by atoms with E-state index in [1.54, 1.807) is 0 Å². The van der Waals surface area contributed by atoms with Gasteiger partial charge in [0, 0.05) is 25.2 Å². The molecule has 0 unspecified atom stereocenters. The number of anilines is 4. The van der Waals surface area contributed by atoms with E-state index in [0.29, 0.717) is 35.9 Å². The van der Waals surface area contributed by atoms with Crippen LogP contribution < -0.4 is 21.3 Å². The second-order valence-corrected chi connectivity index (χ2v) is 8.14. The Kier molecular flexibility index (Phi) is 12.1. The Morgan fingerprint density at radius 1 is 0.600 bits per heavy atom. The van der Waals surface area contributed by atoms with Gasteiger partial charge in [-0.15, -0.1) is 0 Å². The smallest absolute Gasteiger partial charge is 0.228 e. The third-order valence-corrected chi connectivity index (χ3v) is 4.20. The zero-order valence-electron chi connectivity index (χ0n) is 19.1. The molecule has 2 aromatic heterocycles. The highest BCUT2D eigenvalue weighted by atomic mass is 32.2. The molecule has 0 aromatic carbocycles. The van der Waals surface area contributed by atoms with Crippen LogP contribution in [0.2, 0.25) is 0 Å². The molecule has 0 bridgehead atoms. The molecule has 0 amide bonds. The molecule has 2 rings (SSSR count). The molecular formula is C18H34N10S2. The van der Waals surface area contributed by atoms with Gasteiger partial charge in [0.2, 0.25) is 23.8 Å². The standard InChI is InChI=1S/2C9H17N5S/c2*1-5-10-7-12-8(11-6(2)3)14-9(13-7)15-4/h2*6H,5H2,1-4H3,(H2,10,11,12,13,14). The predicted octanol–water partition coefficient (Wildman–Crippen LogP) is 3.69. The van der Waals surface area contributed by atoms with Crippen LogP contribution in [-0.2, 0) is 0 Å². The lowest BCUT2D eigenvalue weighted by Crippen LogP contribution is -2.15. The van der Waals surface area contributed by atoms with Gasteiger partial charge in [-0.1, -0.05) is 23.5 Å². The van der Waals surface area contributed by atoms with Crippen LogP contribution in [0.3, 0.4) is 0 Å². The van der Waals surface area contributed by atoms with E-state index in [4.69, 9.17) is 0 Å². The van der Waals surface area contributed by atoms with Gasteiger partial charge >= 0.3 is 0 Å². The Morgan fingerprint density at radius 2 is 0.933 bits per heavy atom. The third kappa shape index (κ3) is 10.1. The van der Waals surface area contributed by atoms with Gasteiger partial charge in [-0.2, -0.15) is 29.9 Å². The Labute approximate surface area is 188 Å². The minimum atomic E-state index is 0.316. The van der Waals surface area contributed by atoms with Crippen molar-refractivity contribution in [1.29, 1.82) is 0 Å². The van der Waals surface area contributed by atoms with Crippen LogP contribution in [0.1, 0.15) is 41.5 Å². The summed E-state index contributed by atoms with van der Waals surface area (Å²) >= 11 is 3.02. The minimum Gasteiger partial charge on any atom is -0.354 e. The first kappa shape index (κ1) is 26.0. The maximum atomic E-state index is 4.26. The van der Waals surface area contributed by atoms with Gasteiger partial charge in [0.05, 0.1) is 0 Å². The molecule has 168 valence electrons. The predicted molar refractivity (Wildman–Crippen MR) is 129 cm³/mol. The Balaban J connectivity index is 0.000000300. The lowest BCUT2D eigenvalue weighted by molar-refractivity contribution is 0.835. The van der Waals surface area contributed by atoms with Crippen LogP contribution in [0.15, 0.2) is 10.3 Å². The molecule has 0 atom stereocenters. The molecule has 12 heteroatoms. The third-order valence-electron chi connectivity index (χ3n) is 3.10. The van der Waals surface area contributed by atoms with Crippen molar-refractivity contribution in [3.63, 3.8) is 0 Å². The Morgan fingerprint density at radius 3 is 1.20 bits per heavy atom. The van der Waals surface area contributed by atoms with Crippen LogP contribution >= 0.6 is 23.5 Å². The largest absolute Gasteiger partial charge is 0.354 e. The zero-order chi connectivity index (χ0) is 22.5. The highest BCUT2D eigenvalue weighted by Crippen LogP contribution is 2.14. The van der Waals surface area contributed by atoms with E-state index in [-0.39, 0.29) is 0 Å². The van der Waals surface area contributed by atoms with Crippen molar-refractivity contribution < 1.29 is 0 Å². The van der Waals surface area contributed by atoms with Gasteiger partial charge in [-0.3, -0.25) is 0 Å². The molecule has 0 saturated heterocycles. The Hall–Kier alpha value is -2.08. The summed E-state index contributed by atoms with van der Waals surface area (Å²) in [6.07, 6.45) is 3.90. The quantitative estimate of drug-likeness (QED) is 0.391. The summed E-state index contributed by atoms with van der Waals surface area (Å²) in [7, 11) is 0. The van der Waals surface area contributed by atoms with Crippen LogP contribution in [0.5, 0.6) is 0 Å². The second kappa shape index (κ2) is 14.0. The van der Waals surface area contributed by atoms with E-state index in [2.05, 4.69) is 78.9 Å². The summed E-state index contributed by atoms with van der Waals surface area (Å²) in [6, 6.07) is 0.633. The van der Waals surface area contributed by atoms with Gasteiger partial charge < -0.3 is 21.3 Å². The lowest BCUT2D eigenvalue weighted by atomic mass is 10.4. The molecule has 0 saturated carbocycles. The van der Waals surface area contributed by atoms with Crippen molar-refractivity contribution in [2.75, 3.05) is 46.9 Å². The van der Waals surface area contributed by atoms with Gasteiger partial charge in [0.25, 0.3) is 0 Å². The van der Waals surface area contributed by atoms with E-state index < -0.39 is 0 Å². The van der Waals surface area contributed by atoms with Gasteiger partial charge in [0.15, 0.2) is 10.3 Å². The van der Waals surface area contributed by atoms with E-state index in [9.17, 15) is 0 Å². The van der Waals surface area contributed by atoms with E-state index >= 15 is 0 Å². The number of nitrogens with one attached hydrogen (secondary N) is 4. The van der Waals surface area contributed by atoms with Crippen LogP contribution in [0.25, 0.3) is 0 Å². The maximum absolute atomic E-state index is 4.26. The first-order valence-corrected chi connectivity index (χ1v) is 12.4. The lowest BCUT2D eigenvalue weighted by Gasteiger charge is -2.10. The van der Waals surface area contributed by atoms with Crippen molar-refractivity contribution >= 4 is 47.3 Å². The molecule has 10 nitrogen and oxygen atoms in total. The number of hydrogen-bond donors (Lipinski definition) is 4. The van der Waals surface area contributed by atoms with Crippen LogP contribution in [-0.4, -0.2) is 67.6 Å². The number of aromatic nitrogens is 6. The molecule has 0 fully saturated rings.